The van der Waals surface area contributed by atoms with Gasteiger partial charge >= 0.3 is 7.12 Å². The third-order valence-electron chi connectivity index (χ3n) is 5.68. The number of hydrogen-bond donors (Lipinski definition) is 0. The van der Waals surface area contributed by atoms with Gasteiger partial charge in [-0.2, -0.15) is 0 Å². The Hall–Kier alpha value is -1.78. The Kier molecular flexibility index (Phi) is 5.97. The van der Waals surface area contributed by atoms with E-state index in [1.54, 1.807) is 0 Å². The molecule has 0 amide bonds. The summed E-state index contributed by atoms with van der Waals surface area (Å²) in [6.07, 6.45) is 3.28. The van der Waals surface area contributed by atoms with Gasteiger partial charge in [0.05, 0.1) is 17.8 Å². The van der Waals surface area contributed by atoms with Crippen LogP contribution in [0.1, 0.15) is 51.7 Å². The van der Waals surface area contributed by atoms with Crippen molar-refractivity contribution < 1.29 is 14.0 Å². The molecule has 2 aromatic carbocycles. The first-order valence-corrected chi connectivity index (χ1v) is 9.91. The zero-order valence-electron chi connectivity index (χ0n) is 17.2. The predicted molar refractivity (Wildman–Crippen MR) is 112 cm³/mol. The normalized spacial score (nSPS) is 17.9. The SMILES string of the molecule is Cc1cc(B2OC(C)(C)C(C)(C)O2)ccc1OCCCCc1ccccc1. The van der Waals surface area contributed by atoms with E-state index in [-0.39, 0.29) is 18.3 Å². The molecule has 1 saturated heterocycles. The smallest absolute Gasteiger partial charge is 0.493 e. The highest BCUT2D eigenvalue weighted by atomic mass is 16.7. The van der Waals surface area contributed by atoms with Crippen LogP contribution in [-0.4, -0.2) is 24.9 Å². The van der Waals surface area contributed by atoms with Crippen molar-refractivity contribution in [1.29, 1.82) is 0 Å². The number of benzene rings is 2. The van der Waals surface area contributed by atoms with Crippen LogP contribution in [0.25, 0.3) is 0 Å². The van der Waals surface area contributed by atoms with Crippen LogP contribution in [0, 0.1) is 6.92 Å². The Bertz CT molecular complexity index is 739. The predicted octanol–water partition coefficient (Wildman–Crippen LogP) is 4.70. The maximum Gasteiger partial charge on any atom is 0.494 e. The van der Waals surface area contributed by atoms with Gasteiger partial charge in [0.2, 0.25) is 0 Å². The molecule has 1 aliphatic rings. The quantitative estimate of drug-likeness (QED) is 0.525. The first kappa shape index (κ1) is 20.0. The molecule has 3 rings (SSSR count). The maximum absolute atomic E-state index is 6.14. The van der Waals surface area contributed by atoms with Gasteiger partial charge in [-0.15, -0.1) is 0 Å². The van der Waals surface area contributed by atoms with E-state index < -0.39 is 0 Å². The summed E-state index contributed by atoms with van der Waals surface area (Å²) in [6, 6.07) is 16.8. The lowest BCUT2D eigenvalue weighted by Crippen LogP contribution is -2.41. The lowest BCUT2D eigenvalue weighted by atomic mass is 9.78. The van der Waals surface area contributed by atoms with Gasteiger partial charge in [-0.1, -0.05) is 42.5 Å². The van der Waals surface area contributed by atoms with Crippen LogP contribution in [0.3, 0.4) is 0 Å². The summed E-state index contributed by atoms with van der Waals surface area (Å²) in [6.45, 7) is 11.1. The Morgan fingerprint density at radius 2 is 1.56 bits per heavy atom. The molecule has 0 atom stereocenters. The van der Waals surface area contributed by atoms with Crippen LogP contribution >= 0.6 is 0 Å². The first-order valence-electron chi connectivity index (χ1n) is 9.91. The standard InChI is InChI=1S/C23H31BO3/c1-18-17-20(24-26-22(2,3)23(4,5)27-24)14-15-21(18)25-16-10-9-13-19-11-7-6-8-12-19/h6-8,11-12,14-15,17H,9-10,13,16H2,1-5H3. The molecule has 27 heavy (non-hydrogen) atoms. The van der Waals surface area contributed by atoms with Crippen molar-refractivity contribution in [3.8, 4) is 5.75 Å². The second-order valence-corrected chi connectivity index (χ2v) is 8.40. The van der Waals surface area contributed by atoms with Crippen LogP contribution in [0.4, 0.5) is 0 Å². The van der Waals surface area contributed by atoms with Crippen LogP contribution in [0.2, 0.25) is 0 Å². The Morgan fingerprint density at radius 3 is 2.19 bits per heavy atom. The fourth-order valence-electron chi connectivity index (χ4n) is 3.22. The van der Waals surface area contributed by atoms with Gasteiger partial charge < -0.3 is 14.0 Å². The van der Waals surface area contributed by atoms with Gasteiger partial charge in [0.1, 0.15) is 5.75 Å². The molecule has 0 N–H and O–H groups in total. The van der Waals surface area contributed by atoms with Crippen molar-refractivity contribution in [2.75, 3.05) is 6.61 Å². The second kappa shape index (κ2) is 8.08. The van der Waals surface area contributed by atoms with Crippen molar-refractivity contribution >= 4 is 12.6 Å². The molecule has 0 bridgehead atoms. The molecule has 0 radical (unpaired) electrons. The summed E-state index contributed by atoms with van der Waals surface area (Å²) in [5, 5.41) is 0. The van der Waals surface area contributed by atoms with Crippen LogP contribution in [0.5, 0.6) is 5.75 Å². The van der Waals surface area contributed by atoms with E-state index in [2.05, 4.69) is 77.1 Å². The average molecular weight is 366 g/mol. The van der Waals surface area contributed by atoms with E-state index in [0.717, 1.165) is 42.6 Å². The molecule has 0 saturated carbocycles. The summed E-state index contributed by atoms with van der Waals surface area (Å²) < 4.78 is 18.3. The van der Waals surface area contributed by atoms with Crippen molar-refractivity contribution in [3.05, 3.63) is 59.7 Å². The van der Waals surface area contributed by atoms with Crippen LogP contribution in [0.15, 0.2) is 48.5 Å². The summed E-state index contributed by atoms with van der Waals surface area (Å²) in [7, 11) is -0.325. The average Bonchev–Trinajstić information content (AvgIpc) is 2.84. The zero-order chi connectivity index (χ0) is 19.5. The van der Waals surface area contributed by atoms with Crippen molar-refractivity contribution in [2.24, 2.45) is 0 Å². The first-order chi connectivity index (χ1) is 12.8. The molecule has 0 aliphatic carbocycles. The van der Waals surface area contributed by atoms with Gasteiger partial charge in [0.15, 0.2) is 0 Å². The fraction of sp³-hybridized carbons (Fsp3) is 0.478. The zero-order valence-corrected chi connectivity index (χ0v) is 17.2. The van der Waals surface area contributed by atoms with E-state index in [0.29, 0.717) is 0 Å². The Balaban J connectivity index is 1.50. The monoisotopic (exact) mass is 366 g/mol. The number of unbranched alkanes of at least 4 members (excludes halogenated alkanes) is 1. The Labute approximate surface area is 164 Å². The third-order valence-corrected chi connectivity index (χ3v) is 5.68. The molecule has 1 fully saturated rings. The molecule has 144 valence electrons. The number of rotatable bonds is 7. The molecular formula is C23H31BO3. The molecule has 2 aromatic rings. The minimum absolute atomic E-state index is 0.320. The lowest BCUT2D eigenvalue weighted by Gasteiger charge is -2.32. The van der Waals surface area contributed by atoms with E-state index in [1.807, 2.05) is 6.07 Å². The highest BCUT2D eigenvalue weighted by Gasteiger charge is 2.51. The minimum Gasteiger partial charge on any atom is -0.493 e. The molecule has 0 unspecified atom stereocenters. The fourth-order valence-corrected chi connectivity index (χ4v) is 3.22. The molecule has 1 heterocycles. The van der Waals surface area contributed by atoms with E-state index in [1.165, 1.54) is 5.56 Å². The van der Waals surface area contributed by atoms with Crippen LogP contribution < -0.4 is 10.2 Å². The van der Waals surface area contributed by atoms with E-state index >= 15 is 0 Å². The van der Waals surface area contributed by atoms with Crippen molar-refractivity contribution in [2.45, 2.75) is 65.1 Å². The number of aryl methyl sites for hydroxylation is 2. The van der Waals surface area contributed by atoms with Crippen LogP contribution in [-0.2, 0) is 15.7 Å². The largest absolute Gasteiger partial charge is 0.494 e. The number of ether oxygens (including phenoxy) is 1. The summed E-state index contributed by atoms with van der Waals surface area (Å²) >= 11 is 0. The Morgan fingerprint density at radius 1 is 0.889 bits per heavy atom. The highest BCUT2D eigenvalue weighted by Crippen LogP contribution is 2.36. The van der Waals surface area contributed by atoms with Gasteiger partial charge in [-0.05, 0) is 76.5 Å². The molecule has 0 spiro atoms. The molecule has 1 aliphatic heterocycles. The maximum atomic E-state index is 6.14. The second-order valence-electron chi connectivity index (χ2n) is 8.40. The lowest BCUT2D eigenvalue weighted by molar-refractivity contribution is 0.00578. The minimum atomic E-state index is -0.325. The molecule has 3 nitrogen and oxygen atoms in total. The molecule has 0 aromatic heterocycles. The summed E-state index contributed by atoms with van der Waals surface area (Å²) in [5.41, 5.74) is 2.91. The topological polar surface area (TPSA) is 27.7 Å². The highest BCUT2D eigenvalue weighted by molar-refractivity contribution is 6.62. The molecular weight excluding hydrogens is 335 g/mol. The number of hydrogen-bond acceptors (Lipinski definition) is 3. The van der Waals surface area contributed by atoms with E-state index in [9.17, 15) is 0 Å². The summed E-state index contributed by atoms with van der Waals surface area (Å²) in [5.74, 6) is 0.940. The third kappa shape index (κ3) is 4.74. The van der Waals surface area contributed by atoms with Gasteiger partial charge in [-0.25, -0.2) is 0 Å². The summed E-state index contributed by atoms with van der Waals surface area (Å²) in [4.78, 5) is 0. The van der Waals surface area contributed by atoms with Crippen molar-refractivity contribution in [1.82, 2.24) is 0 Å². The van der Waals surface area contributed by atoms with Gasteiger partial charge in [-0.3, -0.25) is 0 Å². The van der Waals surface area contributed by atoms with Crippen molar-refractivity contribution in [3.63, 3.8) is 0 Å². The molecule has 4 heteroatoms. The van der Waals surface area contributed by atoms with Gasteiger partial charge in [0.25, 0.3) is 0 Å². The van der Waals surface area contributed by atoms with Gasteiger partial charge in [0, 0.05) is 0 Å². The van der Waals surface area contributed by atoms with E-state index in [4.69, 9.17) is 14.0 Å².